The molecular weight excluding hydrogens is 430 g/mol. The molecule has 0 amide bonds. The van der Waals surface area contributed by atoms with Crippen molar-refractivity contribution in [1.82, 2.24) is 19.5 Å². The molecule has 0 spiro atoms. The highest BCUT2D eigenvalue weighted by atomic mass is 16.8. The fourth-order valence-electron chi connectivity index (χ4n) is 5.19. The summed E-state index contributed by atoms with van der Waals surface area (Å²) in [6, 6.07) is 8.50. The zero-order valence-electron chi connectivity index (χ0n) is 19.7. The average molecular weight is 460 g/mol. The molecule has 0 radical (unpaired) electrons. The van der Waals surface area contributed by atoms with Gasteiger partial charge in [0, 0.05) is 11.6 Å². The molecule has 3 aromatic rings. The molecule has 8 heteroatoms. The van der Waals surface area contributed by atoms with E-state index in [-0.39, 0.29) is 12.2 Å². The molecule has 3 aliphatic rings. The maximum Gasteiger partial charge on any atom is 0.167 e. The molecule has 1 aromatic carbocycles. The van der Waals surface area contributed by atoms with Crippen LogP contribution in [0.25, 0.3) is 11.2 Å². The van der Waals surface area contributed by atoms with Crippen molar-refractivity contribution in [3.8, 4) is 11.8 Å². The van der Waals surface area contributed by atoms with Gasteiger partial charge in [-0.2, -0.15) is 0 Å². The van der Waals surface area contributed by atoms with E-state index in [0.29, 0.717) is 11.7 Å². The average Bonchev–Trinajstić information content (AvgIpc) is 3.58. The van der Waals surface area contributed by atoms with E-state index in [1.807, 2.05) is 36.6 Å². The number of aromatic nitrogens is 4. The lowest BCUT2D eigenvalue weighted by atomic mass is 10.1. The molecule has 2 aliphatic heterocycles. The minimum atomic E-state index is -0.722. The Morgan fingerprint density at radius 3 is 2.68 bits per heavy atom. The van der Waals surface area contributed by atoms with Crippen LogP contribution in [0.5, 0.6) is 0 Å². The van der Waals surface area contributed by atoms with E-state index in [1.165, 1.54) is 12.8 Å². The van der Waals surface area contributed by atoms with Gasteiger partial charge in [-0.3, -0.25) is 4.57 Å². The molecule has 34 heavy (non-hydrogen) atoms. The second-order valence-electron chi connectivity index (χ2n) is 9.77. The maximum absolute atomic E-state index is 6.43. The topological polar surface area (TPSA) is 83.3 Å². The van der Waals surface area contributed by atoms with Gasteiger partial charge in [0.1, 0.15) is 24.6 Å². The van der Waals surface area contributed by atoms with Crippen molar-refractivity contribution < 1.29 is 14.2 Å². The van der Waals surface area contributed by atoms with E-state index in [2.05, 4.69) is 45.1 Å². The first-order valence-electron chi connectivity index (χ1n) is 12.0. The highest BCUT2D eigenvalue weighted by molar-refractivity contribution is 5.82. The van der Waals surface area contributed by atoms with Crippen LogP contribution in [0.15, 0.2) is 36.9 Å². The van der Waals surface area contributed by atoms with Crippen molar-refractivity contribution in [2.24, 2.45) is 0 Å². The number of aryl methyl sites for hydroxylation is 1. The molecule has 1 saturated carbocycles. The largest absolute Gasteiger partial charge is 0.365 e. The lowest BCUT2D eigenvalue weighted by Crippen LogP contribution is -2.28. The monoisotopic (exact) mass is 459 g/mol. The van der Waals surface area contributed by atoms with Crippen LogP contribution in [0.4, 0.5) is 5.82 Å². The second-order valence-corrected chi connectivity index (χ2v) is 9.77. The third-order valence-electron chi connectivity index (χ3n) is 6.85. The molecule has 2 aromatic heterocycles. The molecule has 1 aliphatic carbocycles. The molecule has 4 atom stereocenters. The highest BCUT2D eigenvalue weighted by Gasteiger charge is 2.56. The van der Waals surface area contributed by atoms with Gasteiger partial charge >= 0.3 is 0 Å². The van der Waals surface area contributed by atoms with Crippen LogP contribution in [0.2, 0.25) is 0 Å². The fraction of sp³-hybridized carbons (Fsp3) is 0.500. The first-order chi connectivity index (χ1) is 16.5. The smallest absolute Gasteiger partial charge is 0.167 e. The number of rotatable bonds is 3. The molecule has 176 valence electrons. The van der Waals surface area contributed by atoms with Gasteiger partial charge < -0.3 is 19.5 Å². The Morgan fingerprint density at radius 2 is 1.85 bits per heavy atom. The first kappa shape index (κ1) is 21.5. The summed E-state index contributed by atoms with van der Waals surface area (Å²) in [5, 5.41) is 3.55. The highest BCUT2D eigenvalue weighted by Crippen LogP contribution is 2.43. The molecule has 3 fully saturated rings. The summed E-state index contributed by atoms with van der Waals surface area (Å²) in [5.74, 6) is 6.61. The van der Waals surface area contributed by atoms with Gasteiger partial charge in [-0.15, -0.1) is 0 Å². The number of anilines is 1. The summed E-state index contributed by atoms with van der Waals surface area (Å²) in [5.41, 5.74) is 3.56. The summed E-state index contributed by atoms with van der Waals surface area (Å²) in [7, 11) is 0. The van der Waals surface area contributed by atoms with Gasteiger partial charge in [-0.05, 0) is 45.2 Å². The van der Waals surface area contributed by atoms with Gasteiger partial charge in [0.05, 0.1) is 6.33 Å². The predicted octanol–water partition coefficient (Wildman–Crippen LogP) is 3.96. The summed E-state index contributed by atoms with van der Waals surface area (Å²) < 4.78 is 20.9. The molecule has 6 rings (SSSR count). The Balaban J connectivity index is 1.33. The number of nitrogens with zero attached hydrogens (tertiary/aromatic N) is 4. The van der Waals surface area contributed by atoms with Gasteiger partial charge in [0.2, 0.25) is 0 Å². The molecule has 1 N–H and O–H groups in total. The Kier molecular flexibility index (Phi) is 5.29. The van der Waals surface area contributed by atoms with E-state index in [0.717, 1.165) is 35.3 Å². The summed E-state index contributed by atoms with van der Waals surface area (Å²) in [6.07, 6.45) is 6.61. The van der Waals surface area contributed by atoms with Gasteiger partial charge in [0.25, 0.3) is 0 Å². The number of benzene rings is 1. The number of nitrogens with one attached hydrogen (secondary N) is 1. The molecule has 2 saturated heterocycles. The SMILES string of the molecule is Cc1ccccc1C#C[C@H]1O[C@@H](n2cnc3c(NC4CCCC4)ncnc32)[C@@H]2OC(C)(C)O[C@@H]21. The van der Waals surface area contributed by atoms with Crippen LogP contribution >= 0.6 is 0 Å². The van der Waals surface area contributed by atoms with E-state index >= 15 is 0 Å². The number of ether oxygens (including phenoxy) is 3. The third-order valence-corrected chi connectivity index (χ3v) is 6.85. The van der Waals surface area contributed by atoms with Gasteiger partial charge in [-0.25, -0.2) is 15.0 Å². The molecule has 4 heterocycles. The van der Waals surface area contributed by atoms with Crippen molar-refractivity contribution in [3.63, 3.8) is 0 Å². The summed E-state index contributed by atoms with van der Waals surface area (Å²) in [6.45, 7) is 5.90. The second kappa shape index (κ2) is 8.35. The molecule has 0 bridgehead atoms. The Morgan fingerprint density at radius 1 is 1.06 bits per heavy atom. The first-order valence-corrected chi connectivity index (χ1v) is 12.0. The third kappa shape index (κ3) is 3.84. The normalized spacial score (nSPS) is 28.1. The van der Waals surface area contributed by atoms with Crippen LogP contribution in [0.3, 0.4) is 0 Å². The van der Waals surface area contributed by atoms with Gasteiger partial charge in [0.15, 0.2) is 29.0 Å². The van der Waals surface area contributed by atoms with Crippen molar-refractivity contribution in [2.45, 2.75) is 82.8 Å². The van der Waals surface area contributed by atoms with E-state index in [9.17, 15) is 0 Å². The molecule has 0 unspecified atom stereocenters. The summed E-state index contributed by atoms with van der Waals surface area (Å²) >= 11 is 0. The number of hydrogen-bond acceptors (Lipinski definition) is 7. The van der Waals surface area contributed by atoms with E-state index in [4.69, 9.17) is 14.2 Å². The quantitative estimate of drug-likeness (QED) is 0.594. The predicted molar refractivity (Wildman–Crippen MR) is 127 cm³/mol. The zero-order chi connectivity index (χ0) is 23.3. The van der Waals surface area contributed by atoms with Crippen molar-refractivity contribution in [2.75, 3.05) is 5.32 Å². The van der Waals surface area contributed by atoms with E-state index in [1.54, 1.807) is 12.7 Å². The fourth-order valence-corrected chi connectivity index (χ4v) is 5.19. The minimum absolute atomic E-state index is 0.313. The van der Waals surface area contributed by atoms with Crippen molar-refractivity contribution in [3.05, 3.63) is 48.0 Å². The van der Waals surface area contributed by atoms with Crippen molar-refractivity contribution >= 4 is 17.0 Å². The number of fused-ring (bicyclic) bond motifs is 2. The van der Waals surface area contributed by atoms with Crippen LogP contribution < -0.4 is 5.32 Å². The lowest BCUT2D eigenvalue weighted by molar-refractivity contribution is -0.190. The van der Waals surface area contributed by atoms with Crippen LogP contribution in [-0.4, -0.2) is 49.7 Å². The van der Waals surface area contributed by atoms with Gasteiger partial charge in [-0.1, -0.05) is 42.9 Å². The Labute approximate surface area is 199 Å². The minimum Gasteiger partial charge on any atom is -0.365 e. The summed E-state index contributed by atoms with van der Waals surface area (Å²) in [4.78, 5) is 13.7. The standard InChI is InChI=1S/C26H29N5O3/c1-16-8-4-5-9-17(16)12-13-19-21-22(34-26(2,3)33-21)25(32-19)31-15-29-20-23(27-14-28-24(20)31)30-18-10-6-7-11-18/h4-5,8-9,14-15,18-19,21-22,25H,6-7,10-11H2,1-3H3,(H,27,28,30)/t19-,21-,22-,25-/m1/s1. The van der Waals surface area contributed by atoms with Crippen LogP contribution in [-0.2, 0) is 14.2 Å². The number of hydrogen-bond donors (Lipinski definition) is 1. The lowest BCUT2D eigenvalue weighted by Gasteiger charge is -2.23. The molecular formula is C26H29N5O3. The van der Waals surface area contributed by atoms with Crippen LogP contribution in [0.1, 0.15) is 56.9 Å². The number of imidazole rings is 1. The van der Waals surface area contributed by atoms with Crippen LogP contribution in [0, 0.1) is 18.8 Å². The zero-order valence-corrected chi connectivity index (χ0v) is 19.7. The van der Waals surface area contributed by atoms with E-state index < -0.39 is 18.1 Å². The van der Waals surface area contributed by atoms with Crippen molar-refractivity contribution in [1.29, 1.82) is 0 Å². The Hall–Kier alpha value is -2.99. The Bertz CT molecular complexity index is 1270. The maximum atomic E-state index is 6.43. The molecule has 8 nitrogen and oxygen atoms in total.